The van der Waals surface area contributed by atoms with E-state index in [2.05, 4.69) is 0 Å². The van der Waals surface area contributed by atoms with Crippen molar-refractivity contribution in [1.82, 2.24) is 0 Å². The van der Waals surface area contributed by atoms with E-state index in [0.29, 0.717) is 5.69 Å². The van der Waals surface area contributed by atoms with Crippen LogP contribution in [0.1, 0.15) is 0 Å². The molecule has 3 heteroatoms. The lowest BCUT2D eigenvalue weighted by molar-refractivity contribution is 0.475. The van der Waals surface area contributed by atoms with E-state index in [1.54, 1.807) is 18.2 Å². The number of anilines is 1. The predicted octanol–water partition coefficient (Wildman–Crippen LogP) is 1.40. The van der Waals surface area contributed by atoms with Gasteiger partial charge in [-0.15, -0.1) is 12.4 Å². The molecule has 0 aromatic heterocycles. The lowest BCUT2D eigenvalue weighted by Crippen LogP contribution is -1.80. The molecule has 2 nitrogen and oxygen atoms in total. The van der Waals surface area contributed by atoms with Gasteiger partial charge in [-0.3, -0.25) is 0 Å². The van der Waals surface area contributed by atoms with Crippen LogP contribution in [0.3, 0.4) is 0 Å². The Kier molecular flexibility index (Phi) is 2.88. The lowest BCUT2D eigenvalue weighted by atomic mass is 10.3. The van der Waals surface area contributed by atoms with Crippen LogP contribution in [0, 0.1) is 0 Å². The van der Waals surface area contributed by atoms with Crippen LogP contribution >= 0.6 is 12.4 Å². The van der Waals surface area contributed by atoms with Crippen LogP contribution in [0.25, 0.3) is 0 Å². The summed E-state index contributed by atoms with van der Waals surface area (Å²) < 4.78 is 0. The molecule has 0 fully saturated rings. The fourth-order valence-corrected chi connectivity index (χ4v) is 0.525. The number of benzene rings is 1. The van der Waals surface area contributed by atoms with Crippen LogP contribution in [0.2, 0.25) is 0 Å². The van der Waals surface area contributed by atoms with Gasteiger partial charge in [-0.2, -0.15) is 0 Å². The summed E-state index contributed by atoms with van der Waals surface area (Å²) in [4.78, 5) is 0. The summed E-state index contributed by atoms with van der Waals surface area (Å²) in [6.45, 7) is 0. The fourth-order valence-electron chi connectivity index (χ4n) is 0.525. The van der Waals surface area contributed by atoms with Gasteiger partial charge in [0.2, 0.25) is 0 Å². The number of halogens is 1. The maximum Gasteiger partial charge on any atom is 0.117 e. The number of rotatable bonds is 0. The third-order valence-corrected chi connectivity index (χ3v) is 0.870. The standard InChI is InChI=1S/C6H7NO.ClH/c7-5-2-1-3-6(8)4-5;/h1-4,8H,7H2;1H. The molecule has 0 atom stereocenters. The maximum atomic E-state index is 8.73. The summed E-state index contributed by atoms with van der Waals surface area (Å²) in [6, 6.07) is 6.50. The van der Waals surface area contributed by atoms with Crippen LogP contribution in [0.5, 0.6) is 5.75 Å². The Bertz CT molecular complexity index is 173. The van der Waals surface area contributed by atoms with E-state index in [4.69, 9.17) is 10.8 Å². The van der Waals surface area contributed by atoms with Crippen molar-refractivity contribution in [3.05, 3.63) is 24.3 Å². The molecule has 0 amide bonds. The average molecular weight is 146 g/mol. The van der Waals surface area contributed by atoms with Gasteiger partial charge in [0.1, 0.15) is 5.75 Å². The van der Waals surface area contributed by atoms with E-state index in [1.165, 1.54) is 6.07 Å². The Morgan fingerprint density at radius 3 is 2.33 bits per heavy atom. The first-order valence-corrected chi connectivity index (χ1v) is 2.33. The Morgan fingerprint density at radius 1 is 1.33 bits per heavy atom. The summed E-state index contributed by atoms with van der Waals surface area (Å²) in [5.41, 5.74) is 5.89. The van der Waals surface area contributed by atoms with Crippen molar-refractivity contribution >= 4 is 18.1 Å². The Hall–Kier alpha value is -0.890. The van der Waals surface area contributed by atoms with Gasteiger partial charge in [-0.25, -0.2) is 0 Å². The van der Waals surface area contributed by atoms with Crippen molar-refractivity contribution in [1.29, 1.82) is 0 Å². The Morgan fingerprint density at radius 2 is 2.00 bits per heavy atom. The molecule has 0 spiro atoms. The van der Waals surface area contributed by atoms with Crippen molar-refractivity contribution in [2.75, 3.05) is 5.73 Å². The Labute approximate surface area is 59.7 Å². The quantitative estimate of drug-likeness (QED) is 0.542. The molecular weight excluding hydrogens is 138 g/mol. The highest BCUT2D eigenvalue weighted by Gasteiger charge is 1.83. The molecule has 0 radical (unpaired) electrons. The van der Waals surface area contributed by atoms with Crippen molar-refractivity contribution in [3.63, 3.8) is 0 Å². The molecule has 0 saturated carbocycles. The van der Waals surface area contributed by atoms with Crippen molar-refractivity contribution in [2.45, 2.75) is 0 Å². The zero-order chi connectivity index (χ0) is 5.98. The molecule has 0 aliphatic rings. The van der Waals surface area contributed by atoms with E-state index in [0.717, 1.165) is 0 Å². The smallest absolute Gasteiger partial charge is 0.117 e. The minimum atomic E-state index is 0. The van der Waals surface area contributed by atoms with E-state index < -0.39 is 0 Å². The number of hydrogen-bond donors (Lipinski definition) is 2. The van der Waals surface area contributed by atoms with Crippen LogP contribution < -0.4 is 5.73 Å². The van der Waals surface area contributed by atoms with Gasteiger partial charge in [-0.05, 0) is 12.1 Å². The van der Waals surface area contributed by atoms with Crippen molar-refractivity contribution in [2.24, 2.45) is 0 Å². The Balaban J connectivity index is 0.000000640. The van der Waals surface area contributed by atoms with Crippen LogP contribution in [-0.4, -0.2) is 5.11 Å². The summed E-state index contributed by atoms with van der Waals surface area (Å²) >= 11 is 0. The highest BCUT2D eigenvalue weighted by atomic mass is 35.5. The fraction of sp³-hybridized carbons (Fsp3) is 0. The number of hydrogen-bond acceptors (Lipinski definition) is 2. The number of phenols is 1. The monoisotopic (exact) mass is 145 g/mol. The third-order valence-electron chi connectivity index (χ3n) is 0.870. The first-order chi connectivity index (χ1) is 3.79. The topological polar surface area (TPSA) is 46.2 Å². The van der Waals surface area contributed by atoms with Gasteiger partial charge in [0.25, 0.3) is 0 Å². The average Bonchev–Trinajstić information content (AvgIpc) is 1.64. The van der Waals surface area contributed by atoms with Gasteiger partial charge in [0.05, 0.1) is 0 Å². The molecule has 1 aromatic rings. The van der Waals surface area contributed by atoms with Gasteiger partial charge in [0, 0.05) is 11.8 Å². The highest BCUT2D eigenvalue weighted by Crippen LogP contribution is 2.10. The molecule has 0 heterocycles. The summed E-state index contributed by atoms with van der Waals surface area (Å²) in [5.74, 6) is 0.213. The van der Waals surface area contributed by atoms with E-state index in [-0.39, 0.29) is 18.2 Å². The summed E-state index contributed by atoms with van der Waals surface area (Å²) in [7, 11) is 0. The van der Waals surface area contributed by atoms with Gasteiger partial charge in [0.15, 0.2) is 0 Å². The lowest BCUT2D eigenvalue weighted by Gasteiger charge is -1.90. The molecule has 50 valence electrons. The molecule has 9 heavy (non-hydrogen) atoms. The molecule has 1 aromatic carbocycles. The van der Waals surface area contributed by atoms with E-state index in [9.17, 15) is 0 Å². The zero-order valence-electron chi connectivity index (χ0n) is 4.74. The molecule has 3 N–H and O–H groups in total. The number of phenolic OH excluding ortho intramolecular Hbond substituents is 1. The normalized spacial score (nSPS) is 8.00. The third kappa shape index (κ3) is 2.24. The molecule has 0 unspecified atom stereocenters. The predicted molar refractivity (Wildman–Crippen MR) is 39.8 cm³/mol. The first-order valence-electron chi connectivity index (χ1n) is 2.33. The highest BCUT2D eigenvalue weighted by molar-refractivity contribution is 5.85. The summed E-state index contributed by atoms with van der Waals surface area (Å²) in [6.07, 6.45) is 0. The molecule has 0 aliphatic heterocycles. The number of nitrogen functional groups attached to an aromatic ring is 1. The van der Waals surface area contributed by atoms with Crippen LogP contribution in [0.15, 0.2) is 24.3 Å². The summed E-state index contributed by atoms with van der Waals surface area (Å²) in [5, 5.41) is 8.73. The minimum absolute atomic E-state index is 0. The molecule has 0 saturated heterocycles. The van der Waals surface area contributed by atoms with Gasteiger partial charge < -0.3 is 10.8 Å². The van der Waals surface area contributed by atoms with Gasteiger partial charge >= 0.3 is 0 Å². The number of aromatic hydroxyl groups is 1. The SMILES string of the molecule is Cl.Nc1cccc(O)c1. The van der Waals surface area contributed by atoms with E-state index >= 15 is 0 Å². The van der Waals surface area contributed by atoms with Gasteiger partial charge in [-0.1, -0.05) is 6.07 Å². The first kappa shape index (κ1) is 8.11. The largest absolute Gasteiger partial charge is 0.508 e. The number of nitrogens with two attached hydrogens (primary N) is 1. The maximum absolute atomic E-state index is 8.73. The van der Waals surface area contributed by atoms with Crippen LogP contribution in [0.4, 0.5) is 5.69 Å². The zero-order valence-corrected chi connectivity index (χ0v) is 5.56. The van der Waals surface area contributed by atoms with Crippen LogP contribution in [-0.2, 0) is 0 Å². The molecular formula is C6H8ClNO. The molecule has 1 rings (SSSR count). The molecule has 0 bridgehead atoms. The second-order valence-electron chi connectivity index (χ2n) is 1.59. The van der Waals surface area contributed by atoms with E-state index in [1.807, 2.05) is 0 Å². The second-order valence-corrected chi connectivity index (χ2v) is 1.59. The van der Waals surface area contributed by atoms with Crippen molar-refractivity contribution < 1.29 is 5.11 Å². The minimum Gasteiger partial charge on any atom is -0.508 e. The molecule has 0 aliphatic carbocycles. The van der Waals surface area contributed by atoms with Crippen molar-refractivity contribution in [3.8, 4) is 5.75 Å². The second kappa shape index (κ2) is 3.20.